The van der Waals surface area contributed by atoms with Crippen LogP contribution in [0.4, 0.5) is 0 Å². The molecule has 5 atom stereocenters. The molecule has 2 saturated heterocycles. The number of aryl methyl sites for hydroxylation is 2. The molecule has 4 N–H and O–H groups in total. The van der Waals surface area contributed by atoms with Gasteiger partial charge in [-0.2, -0.15) is 12.6 Å². The molecule has 3 unspecified atom stereocenters. The van der Waals surface area contributed by atoms with Gasteiger partial charge in [0.25, 0.3) is 0 Å². The van der Waals surface area contributed by atoms with Crippen LogP contribution < -0.4 is 21.1 Å². The zero-order valence-electron chi connectivity index (χ0n) is 26.1. The topological polar surface area (TPSA) is 117 Å². The summed E-state index contributed by atoms with van der Waals surface area (Å²) in [6.07, 6.45) is 4.00. The van der Waals surface area contributed by atoms with Crippen LogP contribution in [0.1, 0.15) is 56.2 Å². The molecular formula is C34H47N5O4S. The van der Waals surface area contributed by atoms with Crippen molar-refractivity contribution < 1.29 is 19.1 Å². The molecule has 44 heavy (non-hydrogen) atoms. The number of carbonyl (C=O) groups is 3. The van der Waals surface area contributed by atoms with E-state index in [9.17, 15) is 14.4 Å². The summed E-state index contributed by atoms with van der Waals surface area (Å²) in [5.74, 6) is 0.566. The second-order valence-electron chi connectivity index (χ2n) is 13.4. The molecule has 4 bridgehead atoms. The summed E-state index contributed by atoms with van der Waals surface area (Å²) in [7, 11) is 0. The van der Waals surface area contributed by atoms with Crippen molar-refractivity contribution in [1.82, 2.24) is 20.4 Å². The lowest BCUT2D eigenvalue weighted by Crippen LogP contribution is -2.60. The number of rotatable bonds is 6. The largest absolute Gasteiger partial charge is 0.494 e. The Bertz CT molecular complexity index is 1330. The van der Waals surface area contributed by atoms with Crippen LogP contribution in [0.25, 0.3) is 0 Å². The normalized spacial score (nSPS) is 26.7. The fourth-order valence-electron chi connectivity index (χ4n) is 6.33. The summed E-state index contributed by atoms with van der Waals surface area (Å²) in [6.45, 7) is 8.32. The van der Waals surface area contributed by atoms with Gasteiger partial charge >= 0.3 is 0 Å². The summed E-state index contributed by atoms with van der Waals surface area (Å²) in [5, 5.41) is 5.52. The van der Waals surface area contributed by atoms with Gasteiger partial charge in [-0.15, -0.1) is 0 Å². The fraction of sp³-hybridized carbons (Fsp3) is 0.559. The minimum Gasteiger partial charge on any atom is -0.494 e. The van der Waals surface area contributed by atoms with Gasteiger partial charge < -0.3 is 30.9 Å². The smallest absolute Gasteiger partial charge is 0.248 e. The Balaban J connectivity index is 1.45. The number of nitrogens with zero attached hydrogens (tertiary/aromatic N) is 2. The van der Waals surface area contributed by atoms with Gasteiger partial charge in [0.2, 0.25) is 17.7 Å². The van der Waals surface area contributed by atoms with Crippen LogP contribution in [0.5, 0.6) is 5.75 Å². The number of carbonyl (C=O) groups excluding carboxylic acids is 3. The van der Waals surface area contributed by atoms with E-state index in [1.165, 1.54) is 0 Å². The van der Waals surface area contributed by atoms with Crippen LogP contribution >= 0.6 is 12.6 Å². The lowest BCUT2D eigenvalue weighted by atomic mass is 9.94. The Kier molecular flexibility index (Phi) is 10.2. The molecule has 2 aromatic carbocycles. The average Bonchev–Trinajstić information content (AvgIpc) is 3.63. The number of benzene rings is 2. The van der Waals surface area contributed by atoms with Crippen LogP contribution in [0.3, 0.4) is 0 Å². The van der Waals surface area contributed by atoms with E-state index in [4.69, 9.17) is 23.1 Å². The van der Waals surface area contributed by atoms with Crippen molar-refractivity contribution in [1.29, 1.82) is 0 Å². The van der Waals surface area contributed by atoms with E-state index >= 15 is 0 Å². The van der Waals surface area contributed by atoms with Crippen molar-refractivity contribution in [3.63, 3.8) is 0 Å². The third-order valence-corrected chi connectivity index (χ3v) is 9.53. The number of hydrogen-bond donors (Lipinski definition) is 4. The Morgan fingerprint density at radius 3 is 2.61 bits per heavy atom. The molecule has 0 aliphatic carbocycles. The van der Waals surface area contributed by atoms with Gasteiger partial charge in [-0.3, -0.25) is 14.4 Å². The third kappa shape index (κ3) is 8.14. The van der Waals surface area contributed by atoms with Crippen LogP contribution in [-0.2, 0) is 27.3 Å². The molecular weight excluding hydrogens is 574 g/mol. The summed E-state index contributed by atoms with van der Waals surface area (Å²) in [6, 6.07) is 14.2. The summed E-state index contributed by atoms with van der Waals surface area (Å²) in [5.41, 5.74) is 8.91. The molecule has 2 fully saturated rings. The van der Waals surface area contributed by atoms with E-state index in [2.05, 4.69) is 10.6 Å². The lowest BCUT2D eigenvalue weighted by Gasteiger charge is -2.36. The van der Waals surface area contributed by atoms with E-state index in [0.29, 0.717) is 51.5 Å². The van der Waals surface area contributed by atoms with Gasteiger partial charge in [-0.1, -0.05) is 36.4 Å². The second kappa shape index (κ2) is 13.9. The molecule has 0 aromatic heterocycles. The number of ether oxygens (including phenoxy) is 1. The van der Waals surface area contributed by atoms with Gasteiger partial charge in [0.15, 0.2) is 0 Å². The predicted molar refractivity (Wildman–Crippen MR) is 174 cm³/mol. The molecule has 3 aliphatic rings. The number of thiol groups is 1. The van der Waals surface area contributed by atoms with E-state index < -0.39 is 28.9 Å². The SMILES string of the molecule is Cc1ccc2cc1CN1C(=O)C1[C@H](CCc1ccccc1)NC(=O)[C@@H](NCC(C)(C)N)C(S)C(=O)N1CCCC(CCO2)C1. The van der Waals surface area contributed by atoms with Crippen LogP contribution in [0, 0.1) is 12.8 Å². The van der Waals surface area contributed by atoms with Crippen molar-refractivity contribution in [3.05, 3.63) is 65.2 Å². The van der Waals surface area contributed by atoms with Crippen molar-refractivity contribution in [2.24, 2.45) is 11.7 Å². The van der Waals surface area contributed by atoms with Crippen molar-refractivity contribution in [2.45, 2.75) is 88.3 Å². The second-order valence-corrected chi connectivity index (χ2v) is 13.9. The van der Waals surface area contributed by atoms with Crippen molar-refractivity contribution >= 4 is 30.4 Å². The predicted octanol–water partition coefficient (Wildman–Crippen LogP) is 2.84. The first-order valence-corrected chi connectivity index (χ1v) is 16.4. The molecule has 5 rings (SSSR count). The number of fused-ring (bicyclic) bond motifs is 5. The molecule has 3 amide bonds. The maximum absolute atomic E-state index is 14.1. The highest BCUT2D eigenvalue weighted by atomic mass is 32.1. The molecule has 238 valence electrons. The van der Waals surface area contributed by atoms with E-state index in [1.807, 2.05) is 79.1 Å². The average molecular weight is 622 g/mol. The quantitative estimate of drug-likeness (QED) is 0.291. The van der Waals surface area contributed by atoms with Crippen molar-refractivity contribution in [2.75, 3.05) is 26.2 Å². The Morgan fingerprint density at radius 1 is 1.09 bits per heavy atom. The first-order valence-electron chi connectivity index (χ1n) is 15.9. The fourth-order valence-corrected chi connectivity index (χ4v) is 6.73. The Morgan fingerprint density at radius 2 is 1.86 bits per heavy atom. The first-order chi connectivity index (χ1) is 21.0. The highest BCUT2D eigenvalue weighted by Gasteiger charge is 2.51. The number of amides is 3. The molecule has 2 aromatic rings. The molecule has 10 heteroatoms. The maximum Gasteiger partial charge on any atom is 0.248 e. The number of hydrogen-bond acceptors (Lipinski definition) is 7. The monoisotopic (exact) mass is 621 g/mol. The summed E-state index contributed by atoms with van der Waals surface area (Å²) < 4.78 is 6.16. The lowest BCUT2D eigenvalue weighted by molar-refractivity contribution is -0.136. The number of piperidine rings is 1. The van der Waals surface area contributed by atoms with Gasteiger partial charge in [-0.05, 0) is 87.6 Å². The number of nitrogens with one attached hydrogen (secondary N) is 2. The van der Waals surface area contributed by atoms with Gasteiger partial charge in [-0.25, -0.2) is 0 Å². The standard InChI is InChI=1S/C34H47N5O4S/c1-22-11-13-26-18-25(22)20-39-29(32(39)41)27(14-12-23-8-5-4-6-9-23)37-31(40)28(36-21-34(2,3)35)30(44)33(42)38-16-7-10-24(19-38)15-17-43-26/h4-6,8-9,11,13,18,24,27-30,36,44H,7,10,12,14-17,19-21,35H2,1-3H3,(H,37,40)/t24?,27-,28-,29?,30?,39?/m0/s1. The summed E-state index contributed by atoms with van der Waals surface area (Å²) >= 11 is 4.75. The van der Waals surface area contributed by atoms with Gasteiger partial charge in [0.1, 0.15) is 23.1 Å². The Labute approximate surface area is 266 Å². The van der Waals surface area contributed by atoms with E-state index in [0.717, 1.165) is 41.7 Å². The first kappa shape index (κ1) is 32.3. The third-order valence-electron chi connectivity index (χ3n) is 9.02. The molecule has 3 heterocycles. The van der Waals surface area contributed by atoms with E-state index in [1.54, 1.807) is 0 Å². The molecule has 3 aliphatic heterocycles. The minimum absolute atomic E-state index is 0.00184. The van der Waals surface area contributed by atoms with E-state index in [-0.39, 0.29) is 17.7 Å². The molecule has 0 radical (unpaired) electrons. The van der Waals surface area contributed by atoms with Crippen LogP contribution in [0.2, 0.25) is 0 Å². The van der Waals surface area contributed by atoms with Gasteiger partial charge in [0.05, 0.1) is 12.6 Å². The molecule has 9 nitrogen and oxygen atoms in total. The van der Waals surface area contributed by atoms with Crippen LogP contribution in [-0.4, -0.2) is 82.7 Å². The molecule has 0 spiro atoms. The van der Waals surface area contributed by atoms with Crippen molar-refractivity contribution in [3.8, 4) is 5.75 Å². The molecule has 0 saturated carbocycles. The van der Waals surface area contributed by atoms with Crippen LogP contribution in [0.15, 0.2) is 48.5 Å². The van der Waals surface area contributed by atoms with Gasteiger partial charge in [0, 0.05) is 31.7 Å². The summed E-state index contributed by atoms with van der Waals surface area (Å²) in [4.78, 5) is 44.8. The Hall–Kier alpha value is -3.08. The zero-order valence-corrected chi connectivity index (χ0v) is 27.0. The highest BCUT2D eigenvalue weighted by Crippen LogP contribution is 2.31. The maximum atomic E-state index is 14.1. The highest BCUT2D eigenvalue weighted by molar-refractivity contribution is 7.82. The zero-order chi connectivity index (χ0) is 31.4. The minimum atomic E-state index is -0.920. The number of nitrogens with two attached hydrogens (primary N) is 1.